The molecule has 0 aliphatic heterocycles. The Bertz CT molecular complexity index is 478. The Morgan fingerprint density at radius 1 is 1.37 bits per heavy atom. The van der Waals surface area contributed by atoms with Gasteiger partial charge in [0, 0.05) is 4.47 Å². The molecular weight excluding hydrogens is 324 g/mol. The third-order valence-electron chi connectivity index (χ3n) is 3.69. The van der Waals surface area contributed by atoms with Crippen LogP contribution in [0, 0.1) is 0 Å². The van der Waals surface area contributed by atoms with Gasteiger partial charge >= 0.3 is 5.97 Å². The molecule has 19 heavy (non-hydrogen) atoms. The summed E-state index contributed by atoms with van der Waals surface area (Å²) in [5, 5.41) is 9.30. The lowest BCUT2D eigenvalue weighted by molar-refractivity contribution is 0.0693. The summed E-state index contributed by atoms with van der Waals surface area (Å²) in [6.07, 6.45) is 0. The largest absolute Gasteiger partial charge is 0.478 e. The van der Waals surface area contributed by atoms with Crippen molar-refractivity contribution in [3.8, 4) is 0 Å². The van der Waals surface area contributed by atoms with Gasteiger partial charge in [0.05, 0.1) is 12.2 Å². The predicted octanol–water partition coefficient (Wildman–Crippen LogP) is 4.67. The van der Waals surface area contributed by atoms with Crippen LogP contribution in [0.1, 0.15) is 36.7 Å². The predicted molar refractivity (Wildman–Crippen MR) is 83.1 cm³/mol. The molecule has 1 N–H and O–H groups in total. The van der Waals surface area contributed by atoms with Gasteiger partial charge in [0.25, 0.3) is 0 Å². The zero-order valence-corrected chi connectivity index (χ0v) is 14.7. The van der Waals surface area contributed by atoms with E-state index in [1.165, 1.54) is 0 Å². The molecule has 0 atom stereocenters. The lowest BCUT2D eigenvalue weighted by Crippen LogP contribution is -2.40. The maximum atomic E-state index is 11.2. The number of carboxylic acid groups (broad SMARTS) is 1. The van der Waals surface area contributed by atoms with Crippen LogP contribution in [0.3, 0.4) is 0 Å². The first-order valence-electron chi connectivity index (χ1n) is 6.20. The van der Waals surface area contributed by atoms with E-state index in [4.69, 9.17) is 4.43 Å². The first-order chi connectivity index (χ1) is 8.54. The summed E-state index contributed by atoms with van der Waals surface area (Å²) >= 11 is 3.37. The second kappa shape index (κ2) is 5.77. The third kappa shape index (κ3) is 4.16. The van der Waals surface area contributed by atoms with Gasteiger partial charge in [-0.15, -0.1) is 0 Å². The fourth-order valence-electron chi connectivity index (χ4n) is 1.37. The van der Waals surface area contributed by atoms with Crippen LogP contribution in [0.5, 0.6) is 0 Å². The number of aromatic carboxylic acids is 1. The van der Waals surface area contributed by atoms with Crippen LogP contribution in [0.2, 0.25) is 18.1 Å². The molecule has 0 radical (unpaired) electrons. The van der Waals surface area contributed by atoms with Crippen LogP contribution in [0.25, 0.3) is 0 Å². The van der Waals surface area contributed by atoms with E-state index in [9.17, 15) is 9.90 Å². The van der Waals surface area contributed by atoms with Gasteiger partial charge in [-0.3, -0.25) is 0 Å². The van der Waals surface area contributed by atoms with E-state index in [1.807, 2.05) is 6.07 Å². The molecule has 0 heterocycles. The van der Waals surface area contributed by atoms with Crippen molar-refractivity contribution >= 4 is 30.2 Å². The van der Waals surface area contributed by atoms with E-state index in [0.717, 1.165) is 4.47 Å². The van der Waals surface area contributed by atoms with E-state index in [-0.39, 0.29) is 5.04 Å². The molecule has 1 rings (SSSR count). The summed E-state index contributed by atoms with van der Waals surface area (Å²) in [6.45, 7) is 11.2. The Labute approximate surface area is 124 Å². The smallest absolute Gasteiger partial charge is 0.336 e. The molecule has 3 nitrogen and oxygen atoms in total. The SMILES string of the molecule is CC(C)(C)[Si](C)(C)OCc1cc(Br)ccc1C(=O)O. The molecule has 0 saturated heterocycles. The number of hydrogen-bond donors (Lipinski definition) is 1. The standard InChI is InChI=1S/C14H21BrO3Si/c1-14(2,3)19(4,5)18-9-10-8-11(15)6-7-12(10)13(16)17/h6-8H,9H2,1-5H3,(H,16,17). The van der Waals surface area contributed by atoms with E-state index in [0.29, 0.717) is 17.7 Å². The maximum Gasteiger partial charge on any atom is 0.336 e. The van der Waals surface area contributed by atoms with E-state index in [2.05, 4.69) is 49.8 Å². The maximum absolute atomic E-state index is 11.2. The molecule has 1 aromatic rings. The molecule has 0 aliphatic carbocycles. The summed E-state index contributed by atoms with van der Waals surface area (Å²) in [6, 6.07) is 5.16. The third-order valence-corrected chi connectivity index (χ3v) is 8.66. The average Bonchev–Trinajstić information content (AvgIpc) is 2.24. The Morgan fingerprint density at radius 2 is 1.95 bits per heavy atom. The lowest BCUT2D eigenvalue weighted by Gasteiger charge is -2.36. The van der Waals surface area contributed by atoms with Crippen LogP contribution in [0.15, 0.2) is 22.7 Å². The molecule has 0 aromatic heterocycles. The molecule has 106 valence electrons. The fraction of sp³-hybridized carbons (Fsp3) is 0.500. The van der Waals surface area contributed by atoms with E-state index >= 15 is 0 Å². The molecule has 0 saturated carbocycles. The van der Waals surface area contributed by atoms with Gasteiger partial charge in [0.1, 0.15) is 0 Å². The topological polar surface area (TPSA) is 46.5 Å². The molecular formula is C14H21BrO3Si. The number of hydrogen-bond acceptors (Lipinski definition) is 2. The van der Waals surface area contributed by atoms with Crippen molar-refractivity contribution in [2.24, 2.45) is 0 Å². The summed E-state index contributed by atoms with van der Waals surface area (Å²) in [5.41, 5.74) is 1.02. The lowest BCUT2D eigenvalue weighted by atomic mass is 10.1. The normalized spacial score (nSPS) is 12.5. The van der Waals surface area contributed by atoms with Gasteiger partial charge in [-0.25, -0.2) is 4.79 Å². The molecule has 5 heteroatoms. The number of benzene rings is 1. The first-order valence-corrected chi connectivity index (χ1v) is 9.90. The van der Waals surface area contributed by atoms with Crippen LogP contribution in [0.4, 0.5) is 0 Å². The highest BCUT2D eigenvalue weighted by Gasteiger charge is 2.37. The summed E-state index contributed by atoms with van der Waals surface area (Å²) in [7, 11) is -1.87. The van der Waals surface area contributed by atoms with Crippen LogP contribution in [-0.4, -0.2) is 19.4 Å². The number of halogens is 1. The van der Waals surface area contributed by atoms with Gasteiger partial charge in [-0.05, 0) is 41.9 Å². The zero-order valence-electron chi connectivity index (χ0n) is 12.1. The van der Waals surface area contributed by atoms with Gasteiger partial charge < -0.3 is 9.53 Å². The molecule has 0 amide bonds. The van der Waals surface area contributed by atoms with Crippen molar-refractivity contribution in [1.82, 2.24) is 0 Å². The van der Waals surface area contributed by atoms with Gasteiger partial charge in [0.15, 0.2) is 8.32 Å². The second-order valence-electron chi connectivity index (χ2n) is 6.16. The monoisotopic (exact) mass is 344 g/mol. The second-order valence-corrected chi connectivity index (χ2v) is 11.9. The van der Waals surface area contributed by atoms with E-state index in [1.54, 1.807) is 12.1 Å². The first kappa shape index (κ1) is 16.4. The molecule has 0 unspecified atom stereocenters. The van der Waals surface area contributed by atoms with Gasteiger partial charge in [-0.2, -0.15) is 0 Å². The van der Waals surface area contributed by atoms with Crippen molar-refractivity contribution < 1.29 is 14.3 Å². The Balaban J connectivity index is 2.95. The van der Waals surface area contributed by atoms with Crippen molar-refractivity contribution in [3.63, 3.8) is 0 Å². The van der Waals surface area contributed by atoms with Gasteiger partial charge in [0.2, 0.25) is 0 Å². The minimum Gasteiger partial charge on any atom is -0.478 e. The summed E-state index contributed by atoms with van der Waals surface area (Å²) in [4.78, 5) is 11.2. The molecule has 1 aromatic carbocycles. The quantitative estimate of drug-likeness (QED) is 0.807. The molecule has 0 fully saturated rings. The van der Waals surface area contributed by atoms with Crippen LogP contribution >= 0.6 is 15.9 Å². The molecule has 0 aliphatic rings. The highest BCUT2D eigenvalue weighted by molar-refractivity contribution is 9.10. The summed E-state index contributed by atoms with van der Waals surface area (Å²) < 4.78 is 6.95. The number of rotatable bonds is 4. The van der Waals surface area contributed by atoms with Crippen molar-refractivity contribution in [1.29, 1.82) is 0 Å². The Kier molecular flexibility index (Phi) is 4.98. The summed E-state index contributed by atoms with van der Waals surface area (Å²) in [5.74, 6) is -0.915. The molecule has 0 bridgehead atoms. The minimum atomic E-state index is -1.87. The Hall–Kier alpha value is -0.653. The van der Waals surface area contributed by atoms with Crippen LogP contribution in [-0.2, 0) is 11.0 Å². The zero-order chi connectivity index (χ0) is 14.8. The van der Waals surface area contributed by atoms with Crippen molar-refractivity contribution in [3.05, 3.63) is 33.8 Å². The van der Waals surface area contributed by atoms with E-state index < -0.39 is 14.3 Å². The average molecular weight is 345 g/mol. The minimum absolute atomic E-state index is 0.113. The molecule has 0 spiro atoms. The number of carboxylic acids is 1. The Morgan fingerprint density at radius 3 is 2.42 bits per heavy atom. The van der Waals surface area contributed by atoms with Crippen LogP contribution < -0.4 is 0 Å². The van der Waals surface area contributed by atoms with Gasteiger partial charge in [-0.1, -0.05) is 36.7 Å². The fourth-order valence-corrected chi connectivity index (χ4v) is 2.72. The van der Waals surface area contributed by atoms with Crippen molar-refractivity contribution in [2.45, 2.75) is 45.5 Å². The number of carbonyl (C=O) groups is 1. The highest BCUT2D eigenvalue weighted by Crippen LogP contribution is 2.37. The van der Waals surface area contributed by atoms with Crippen molar-refractivity contribution in [2.75, 3.05) is 0 Å². The highest BCUT2D eigenvalue weighted by atomic mass is 79.9.